The number of hydrogen-bond acceptors (Lipinski definition) is 4. The van der Waals surface area contributed by atoms with Crippen molar-refractivity contribution in [2.24, 2.45) is 0 Å². The van der Waals surface area contributed by atoms with E-state index in [2.05, 4.69) is 10.1 Å². The number of aryl methyl sites for hydroxylation is 2. The molecule has 2 aromatic heterocycles. The molecule has 0 amide bonds. The lowest BCUT2D eigenvalue weighted by molar-refractivity contribution is 0.198. The van der Waals surface area contributed by atoms with Crippen LogP contribution in [0.3, 0.4) is 0 Å². The first-order valence-corrected chi connectivity index (χ1v) is 5.65. The first-order chi connectivity index (χ1) is 8.52. The maximum atomic E-state index is 9.77. The van der Waals surface area contributed by atoms with E-state index in [-0.39, 0.29) is 0 Å². The Kier molecular flexibility index (Phi) is 3.13. The third-order valence-electron chi connectivity index (χ3n) is 2.70. The molecule has 2 rings (SSSR count). The average molecular weight is 242 g/mol. The molecule has 2 heterocycles. The maximum absolute atomic E-state index is 9.77. The van der Waals surface area contributed by atoms with Gasteiger partial charge in [0.1, 0.15) is 6.07 Å². The van der Waals surface area contributed by atoms with Gasteiger partial charge in [0.15, 0.2) is 11.5 Å². The fourth-order valence-electron chi connectivity index (χ4n) is 1.79. The van der Waals surface area contributed by atoms with Gasteiger partial charge in [-0.3, -0.25) is 0 Å². The van der Waals surface area contributed by atoms with Crippen molar-refractivity contribution in [3.8, 4) is 11.9 Å². The van der Waals surface area contributed by atoms with Crippen LogP contribution < -0.4 is 0 Å². The van der Waals surface area contributed by atoms with Crippen LogP contribution in [-0.4, -0.2) is 19.9 Å². The van der Waals surface area contributed by atoms with Gasteiger partial charge in [-0.1, -0.05) is 6.07 Å². The smallest absolute Gasteiger partial charge is 0.163 e. The lowest BCUT2D eigenvalue weighted by Gasteiger charge is -2.12. The van der Waals surface area contributed by atoms with E-state index in [0.29, 0.717) is 17.1 Å². The molecule has 0 fully saturated rings. The van der Waals surface area contributed by atoms with Crippen molar-refractivity contribution in [1.82, 2.24) is 14.8 Å². The zero-order valence-electron chi connectivity index (χ0n) is 10.5. The molecule has 1 N–H and O–H groups in total. The van der Waals surface area contributed by atoms with Crippen LogP contribution in [0.1, 0.15) is 35.7 Å². The molecule has 0 aliphatic heterocycles. The molecule has 0 bridgehead atoms. The molecule has 0 radical (unpaired) electrons. The number of pyridine rings is 1. The van der Waals surface area contributed by atoms with Crippen LogP contribution in [0, 0.1) is 25.2 Å². The summed E-state index contributed by atoms with van der Waals surface area (Å²) in [6, 6.07) is 7.36. The molecular weight excluding hydrogens is 228 g/mol. The molecular formula is C13H14N4O. The van der Waals surface area contributed by atoms with Crippen molar-refractivity contribution in [2.75, 3.05) is 0 Å². The van der Waals surface area contributed by atoms with Gasteiger partial charge in [0.05, 0.1) is 6.10 Å². The molecule has 92 valence electrons. The summed E-state index contributed by atoms with van der Waals surface area (Å²) in [6.45, 7) is 5.41. The number of nitriles is 1. The number of hydrogen-bond donors (Lipinski definition) is 1. The molecule has 0 saturated carbocycles. The van der Waals surface area contributed by atoms with E-state index in [0.717, 1.165) is 11.4 Å². The highest BCUT2D eigenvalue weighted by molar-refractivity contribution is 5.39. The van der Waals surface area contributed by atoms with Crippen molar-refractivity contribution < 1.29 is 5.11 Å². The summed E-state index contributed by atoms with van der Waals surface area (Å²) in [5.41, 5.74) is 2.68. The highest BCUT2D eigenvalue weighted by atomic mass is 16.3. The van der Waals surface area contributed by atoms with E-state index in [9.17, 15) is 5.11 Å². The van der Waals surface area contributed by atoms with Crippen LogP contribution in [0.2, 0.25) is 0 Å². The maximum Gasteiger partial charge on any atom is 0.163 e. The van der Waals surface area contributed by atoms with Crippen molar-refractivity contribution in [2.45, 2.75) is 26.9 Å². The predicted molar refractivity (Wildman–Crippen MR) is 66.2 cm³/mol. The molecule has 0 aromatic carbocycles. The van der Waals surface area contributed by atoms with Crippen LogP contribution >= 0.6 is 0 Å². The van der Waals surface area contributed by atoms with Gasteiger partial charge in [0.2, 0.25) is 0 Å². The predicted octanol–water partition coefficient (Wildman–Crippen LogP) is 1.81. The summed E-state index contributed by atoms with van der Waals surface area (Å²) in [5.74, 6) is 0.573. The van der Waals surface area contributed by atoms with Crippen LogP contribution in [0.5, 0.6) is 0 Å². The third kappa shape index (κ3) is 2.11. The summed E-state index contributed by atoms with van der Waals surface area (Å²) in [5, 5.41) is 22.8. The van der Waals surface area contributed by atoms with E-state index in [1.54, 1.807) is 17.7 Å². The summed E-state index contributed by atoms with van der Waals surface area (Å²) in [6.07, 6.45) is -0.637. The molecule has 5 nitrogen and oxygen atoms in total. The molecule has 1 unspecified atom stereocenters. The Hall–Kier alpha value is -2.19. The topological polar surface area (TPSA) is 74.7 Å². The Labute approximate surface area is 105 Å². The zero-order valence-corrected chi connectivity index (χ0v) is 10.5. The standard InChI is InChI=1S/C13H14N4O/c1-8-4-5-12(10(3)18)13(15-8)17-9(2)6-11(7-14)16-17/h4-6,10,18H,1-3H3. The molecule has 1 atom stereocenters. The highest BCUT2D eigenvalue weighted by Gasteiger charge is 2.15. The number of aromatic nitrogens is 3. The summed E-state index contributed by atoms with van der Waals surface area (Å²) in [4.78, 5) is 4.40. The Bertz CT molecular complexity index is 622. The molecule has 0 aliphatic rings. The Morgan fingerprint density at radius 1 is 1.39 bits per heavy atom. The second kappa shape index (κ2) is 4.59. The largest absolute Gasteiger partial charge is 0.389 e. The molecule has 5 heteroatoms. The Morgan fingerprint density at radius 2 is 2.11 bits per heavy atom. The fraction of sp³-hybridized carbons (Fsp3) is 0.308. The summed E-state index contributed by atoms with van der Waals surface area (Å²) in [7, 11) is 0. The zero-order chi connectivity index (χ0) is 13.3. The lowest BCUT2D eigenvalue weighted by Crippen LogP contribution is -2.09. The monoisotopic (exact) mass is 242 g/mol. The first kappa shape index (κ1) is 12.3. The summed E-state index contributed by atoms with van der Waals surface area (Å²) < 4.78 is 1.59. The number of aliphatic hydroxyl groups is 1. The van der Waals surface area contributed by atoms with Gasteiger partial charge in [-0.05, 0) is 32.9 Å². The molecule has 0 spiro atoms. The van der Waals surface area contributed by atoms with Gasteiger partial charge in [0.25, 0.3) is 0 Å². The number of rotatable bonds is 2. The van der Waals surface area contributed by atoms with E-state index >= 15 is 0 Å². The minimum atomic E-state index is -0.637. The van der Waals surface area contributed by atoms with E-state index in [1.165, 1.54) is 0 Å². The molecule has 2 aromatic rings. The van der Waals surface area contributed by atoms with Gasteiger partial charge in [-0.2, -0.15) is 10.4 Å². The molecule has 0 aliphatic carbocycles. The van der Waals surface area contributed by atoms with Gasteiger partial charge in [-0.25, -0.2) is 9.67 Å². The van der Waals surface area contributed by atoms with Crippen molar-refractivity contribution in [1.29, 1.82) is 5.26 Å². The van der Waals surface area contributed by atoms with E-state index < -0.39 is 6.10 Å². The minimum absolute atomic E-state index is 0.340. The van der Waals surface area contributed by atoms with Crippen LogP contribution in [-0.2, 0) is 0 Å². The normalized spacial score (nSPS) is 12.2. The van der Waals surface area contributed by atoms with Crippen LogP contribution in [0.25, 0.3) is 5.82 Å². The third-order valence-corrected chi connectivity index (χ3v) is 2.70. The molecule has 0 saturated heterocycles. The van der Waals surface area contributed by atoms with Crippen molar-refractivity contribution in [3.05, 3.63) is 40.8 Å². The van der Waals surface area contributed by atoms with Crippen molar-refractivity contribution in [3.63, 3.8) is 0 Å². The Morgan fingerprint density at radius 3 is 2.67 bits per heavy atom. The number of aliphatic hydroxyl groups excluding tert-OH is 1. The van der Waals surface area contributed by atoms with E-state index in [4.69, 9.17) is 5.26 Å². The van der Waals surface area contributed by atoms with E-state index in [1.807, 2.05) is 32.0 Å². The molecule has 18 heavy (non-hydrogen) atoms. The fourth-order valence-corrected chi connectivity index (χ4v) is 1.79. The van der Waals surface area contributed by atoms with Gasteiger partial charge in [-0.15, -0.1) is 0 Å². The van der Waals surface area contributed by atoms with Gasteiger partial charge < -0.3 is 5.11 Å². The quantitative estimate of drug-likeness (QED) is 0.871. The Balaban J connectivity index is 2.65. The lowest BCUT2D eigenvalue weighted by atomic mass is 10.1. The minimum Gasteiger partial charge on any atom is -0.389 e. The first-order valence-electron chi connectivity index (χ1n) is 5.65. The van der Waals surface area contributed by atoms with Gasteiger partial charge >= 0.3 is 0 Å². The summed E-state index contributed by atoms with van der Waals surface area (Å²) >= 11 is 0. The second-order valence-corrected chi connectivity index (χ2v) is 4.24. The van der Waals surface area contributed by atoms with Crippen LogP contribution in [0.4, 0.5) is 0 Å². The second-order valence-electron chi connectivity index (χ2n) is 4.24. The average Bonchev–Trinajstić information content (AvgIpc) is 2.70. The number of nitrogens with zero attached hydrogens (tertiary/aromatic N) is 4. The SMILES string of the molecule is Cc1ccc(C(C)O)c(-n2nc(C#N)cc2C)n1. The van der Waals surface area contributed by atoms with Crippen molar-refractivity contribution >= 4 is 0 Å². The highest BCUT2D eigenvalue weighted by Crippen LogP contribution is 2.21. The van der Waals surface area contributed by atoms with Crippen LogP contribution in [0.15, 0.2) is 18.2 Å². The van der Waals surface area contributed by atoms with Gasteiger partial charge in [0, 0.05) is 17.0 Å².